The molecule has 2 N–H and O–H groups in total. The first-order valence-corrected chi connectivity index (χ1v) is 6.70. The molecule has 1 aromatic carbocycles. The van der Waals surface area contributed by atoms with Crippen molar-refractivity contribution in [1.82, 2.24) is 10.7 Å². The first kappa shape index (κ1) is 16.2. The maximum atomic E-state index is 11.5. The molecule has 0 atom stereocenters. The van der Waals surface area contributed by atoms with E-state index in [2.05, 4.69) is 15.8 Å². The molecule has 2 amide bonds. The molecule has 0 heterocycles. The Kier molecular flexibility index (Phi) is 6.73. The third-order valence-electron chi connectivity index (χ3n) is 2.33. The minimum absolute atomic E-state index is 0.243. The minimum atomic E-state index is -0.463. The van der Waals surface area contributed by atoms with Gasteiger partial charge in [0.15, 0.2) is 0 Å². The molecule has 0 saturated carbocycles. The quantitative estimate of drug-likeness (QED) is 0.478. The van der Waals surface area contributed by atoms with Crippen molar-refractivity contribution in [3.05, 3.63) is 34.9 Å². The van der Waals surface area contributed by atoms with Gasteiger partial charge in [-0.3, -0.25) is 9.59 Å². The van der Waals surface area contributed by atoms with Crippen LogP contribution in [0.3, 0.4) is 0 Å². The van der Waals surface area contributed by atoms with Crippen molar-refractivity contribution in [2.24, 2.45) is 11.0 Å². The summed E-state index contributed by atoms with van der Waals surface area (Å²) >= 11 is 5.93. The Morgan fingerprint density at radius 2 is 2.00 bits per heavy atom. The number of hydrogen-bond acceptors (Lipinski definition) is 3. The summed E-state index contributed by atoms with van der Waals surface area (Å²) in [5, 5.41) is 6.96. The van der Waals surface area contributed by atoms with Crippen molar-refractivity contribution in [3.8, 4) is 0 Å². The molecule has 1 aromatic rings. The molecule has 0 unspecified atom stereocenters. The lowest BCUT2D eigenvalue weighted by Crippen LogP contribution is -2.32. The van der Waals surface area contributed by atoms with Gasteiger partial charge in [0, 0.05) is 17.1 Å². The lowest BCUT2D eigenvalue weighted by atomic mass is 10.2. The van der Waals surface area contributed by atoms with Crippen LogP contribution in [0.2, 0.25) is 5.02 Å². The molecule has 0 aliphatic rings. The van der Waals surface area contributed by atoms with E-state index < -0.39 is 5.91 Å². The fourth-order valence-corrected chi connectivity index (χ4v) is 1.50. The molecule has 5 nitrogen and oxygen atoms in total. The van der Waals surface area contributed by atoms with E-state index in [1.807, 2.05) is 19.9 Å². The van der Waals surface area contributed by atoms with Gasteiger partial charge in [-0.15, -0.1) is 0 Å². The second kappa shape index (κ2) is 8.32. The van der Waals surface area contributed by atoms with Crippen molar-refractivity contribution in [3.63, 3.8) is 0 Å². The van der Waals surface area contributed by atoms with E-state index in [1.54, 1.807) is 18.2 Å². The second-order valence-electron chi connectivity index (χ2n) is 4.69. The van der Waals surface area contributed by atoms with E-state index in [0.29, 0.717) is 23.0 Å². The standard InChI is InChI=1S/C14H18ClN3O2/c1-10(2)8-16-13(19)7-14(20)18-17-9-11-5-3-4-6-12(11)15/h3-6,9-10H,7-8H2,1-2H3,(H,16,19)(H,18,20)/b17-9-. The molecule has 6 heteroatoms. The number of carbonyl (C=O) groups excluding carboxylic acids is 2. The molecule has 0 aliphatic carbocycles. The molecular formula is C14H18ClN3O2. The summed E-state index contributed by atoms with van der Waals surface area (Å²) in [7, 11) is 0. The maximum absolute atomic E-state index is 11.5. The molecule has 0 aliphatic heterocycles. The summed E-state index contributed by atoms with van der Waals surface area (Å²) in [6.45, 7) is 4.51. The van der Waals surface area contributed by atoms with E-state index in [9.17, 15) is 9.59 Å². The van der Waals surface area contributed by atoms with Gasteiger partial charge in [-0.1, -0.05) is 43.6 Å². The van der Waals surface area contributed by atoms with Gasteiger partial charge >= 0.3 is 0 Å². The van der Waals surface area contributed by atoms with Crippen LogP contribution >= 0.6 is 11.6 Å². The predicted octanol–water partition coefficient (Wildman–Crippen LogP) is 1.95. The fourth-order valence-electron chi connectivity index (χ4n) is 1.32. The molecule has 0 bridgehead atoms. The number of nitrogens with zero attached hydrogens (tertiary/aromatic N) is 1. The zero-order chi connectivity index (χ0) is 15.0. The summed E-state index contributed by atoms with van der Waals surface area (Å²) in [6.07, 6.45) is 1.19. The Labute approximate surface area is 123 Å². The van der Waals surface area contributed by atoms with Crippen LogP contribution in [0.15, 0.2) is 29.4 Å². The second-order valence-corrected chi connectivity index (χ2v) is 5.10. The predicted molar refractivity (Wildman–Crippen MR) is 79.7 cm³/mol. The van der Waals surface area contributed by atoms with Crippen LogP contribution in [0.1, 0.15) is 25.8 Å². The number of nitrogens with one attached hydrogen (secondary N) is 2. The number of halogens is 1. The van der Waals surface area contributed by atoms with Gasteiger partial charge in [-0.2, -0.15) is 5.10 Å². The van der Waals surface area contributed by atoms with Crippen LogP contribution in [-0.4, -0.2) is 24.6 Å². The summed E-state index contributed by atoms with van der Waals surface area (Å²) < 4.78 is 0. The summed E-state index contributed by atoms with van der Waals surface area (Å²) in [6, 6.07) is 7.11. The third-order valence-corrected chi connectivity index (χ3v) is 2.67. The van der Waals surface area contributed by atoms with Crippen LogP contribution in [0.4, 0.5) is 0 Å². The normalized spacial score (nSPS) is 10.8. The highest BCUT2D eigenvalue weighted by molar-refractivity contribution is 6.33. The molecule has 1 rings (SSSR count). The molecule has 0 fully saturated rings. The summed E-state index contributed by atoms with van der Waals surface area (Å²) in [5.41, 5.74) is 2.98. The Bertz CT molecular complexity index is 501. The topological polar surface area (TPSA) is 70.6 Å². The van der Waals surface area contributed by atoms with Gasteiger partial charge in [0.05, 0.1) is 6.21 Å². The van der Waals surface area contributed by atoms with Gasteiger partial charge in [-0.25, -0.2) is 5.43 Å². The van der Waals surface area contributed by atoms with E-state index in [1.165, 1.54) is 6.21 Å². The molecule has 108 valence electrons. The van der Waals surface area contributed by atoms with Crippen LogP contribution in [0, 0.1) is 5.92 Å². The van der Waals surface area contributed by atoms with Crippen molar-refractivity contribution >= 4 is 29.6 Å². The van der Waals surface area contributed by atoms with Gasteiger partial charge in [0.25, 0.3) is 0 Å². The molecule has 0 radical (unpaired) electrons. The number of hydrogen-bond donors (Lipinski definition) is 2. The van der Waals surface area contributed by atoms with E-state index >= 15 is 0 Å². The highest BCUT2D eigenvalue weighted by Crippen LogP contribution is 2.11. The average Bonchev–Trinajstić information content (AvgIpc) is 2.38. The SMILES string of the molecule is CC(C)CNC(=O)CC(=O)N/N=C\c1ccccc1Cl. The van der Waals surface area contributed by atoms with Gasteiger partial charge in [0.2, 0.25) is 11.8 Å². The largest absolute Gasteiger partial charge is 0.355 e. The molecule has 20 heavy (non-hydrogen) atoms. The Hall–Kier alpha value is -1.88. The first-order valence-electron chi connectivity index (χ1n) is 6.32. The van der Waals surface area contributed by atoms with Crippen LogP contribution in [0.25, 0.3) is 0 Å². The van der Waals surface area contributed by atoms with Gasteiger partial charge in [-0.05, 0) is 12.0 Å². The number of amides is 2. The summed E-state index contributed by atoms with van der Waals surface area (Å²) in [5.74, 6) is -0.432. The van der Waals surface area contributed by atoms with Crippen LogP contribution in [0.5, 0.6) is 0 Å². The lowest BCUT2D eigenvalue weighted by Gasteiger charge is -2.06. The molecule has 0 aromatic heterocycles. The van der Waals surface area contributed by atoms with Crippen molar-refractivity contribution in [1.29, 1.82) is 0 Å². The fraction of sp³-hybridized carbons (Fsp3) is 0.357. The van der Waals surface area contributed by atoms with Gasteiger partial charge in [0.1, 0.15) is 6.42 Å². The number of hydrazone groups is 1. The van der Waals surface area contributed by atoms with Crippen molar-refractivity contribution in [2.75, 3.05) is 6.54 Å². The first-order chi connectivity index (χ1) is 9.49. The highest BCUT2D eigenvalue weighted by atomic mass is 35.5. The number of carbonyl (C=O) groups is 2. The lowest BCUT2D eigenvalue weighted by molar-refractivity contribution is -0.129. The van der Waals surface area contributed by atoms with Crippen molar-refractivity contribution < 1.29 is 9.59 Å². The minimum Gasteiger partial charge on any atom is -0.355 e. The third kappa shape index (κ3) is 6.33. The summed E-state index contributed by atoms with van der Waals surface area (Å²) in [4.78, 5) is 22.9. The Morgan fingerprint density at radius 1 is 1.30 bits per heavy atom. The van der Waals surface area contributed by atoms with Crippen molar-refractivity contribution in [2.45, 2.75) is 20.3 Å². The van der Waals surface area contributed by atoms with E-state index in [4.69, 9.17) is 11.6 Å². The highest BCUT2D eigenvalue weighted by Gasteiger charge is 2.08. The van der Waals surface area contributed by atoms with Crippen LogP contribution in [-0.2, 0) is 9.59 Å². The zero-order valence-corrected chi connectivity index (χ0v) is 12.3. The van der Waals surface area contributed by atoms with Gasteiger partial charge < -0.3 is 5.32 Å². The number of benzene rings is 1. The monoisotopic (exact) mass is 295 g/mol. The van der Waals surface area contributed by atoms with E-state index in [0.717, 1.165) is 0 Å². The van der Waals surface area contributed by atoms with E-state index in [-0.39, 0.29) is 12.3 Å². The Morgan fingerprint density at radius 3 is 2.65 bits per heavy atom. The number of rotatable bonds is 6. The maximum Gasteiger partial charge on any atom is 0.249 e. The molecular weight excluding hydrogens is 278 g/mol. The molecule has 0 saturated heterocycles. The van der Waals surface area contributed by atoms with Crippen LogP contribution < -0.4 is 10.7 Å². The smallest absolute Gasteiger partial charge is 0.249 e. The molecule has 0 spiro atoms. The zero-order valence-electron chi connectivity index (χ0n) is 11.5. The average molecular weight is 296 g/mol. The Balaban J connectivity index is 2.36.